The Morgan fingerprint density at radius 2 is 2.23 bits per heavy atom. The number of carbonyl (C=O) groups is 1. The summed E-state index contributed by atoms with van der Waals surface area (Å²) in [7, 11) is 0. The summed E-state index contributed by atoms with van der Waals surface area (Å²) in [5.74, 6) is 0.0581. The maximum Gasteiger partial charge on any atom is 0.323 e. The van der Waals surface area contributed by atoms with Crippen LogP contribution in [0.5, 0.6) is 0 Å². The van der Waals surface area contributed by atoms with Gasteiger partial charge in [0.15, 0.2) is 11.5 Å². The minimum Gasteiger partial charge on any atom is -0.458 e. The number of rotatable bonds is 6. The van der Waals surface area contributed by atoms with E-state index in [-0.39, 0.29) is 18.3 Å². The van der Waals surface area contributed by atoms with Gasteiger partial charge >= 0.3 is 5.97 Å². The van der Waals surface area contributed by atoms with Crippen LogP contribution in [0.25, 0.3) is 11.2 Å². The minimum atomic E-state index is -0.699. The number of aromatic nitrogens is 4. The Hall–Kier alpha value is -2.30. The third kappa shape index (κ3) is 3.62. The number of aliphatic hydroxyl groups excluding tert-OH is 1. The van der Waals surface area contributed by atoms with Crippen LogP contribution < -0.4 is 11.5 Å². The lowest BCUT2D eigenvalue weighted by Crippen LogP contribution is -2.39. The monoisotopic (exact) mass is 364 g/mol. The van der Waals surface area contributed by atoms with Gasteiger partial charge in [-0.25, -0.2) is 15.0 Å². The summed E-state index contributed by atoms with van der Waals surface area (Å²) < 4.78 is 13.0. The Morgan fingerprint density at radius 1 is 1.46 bits per heavy atom. The average Bonchev–Trinajstić information content (AvgIpc) is 3.18. The quantitative estimate of drug-likeness (QED) is 0.600. The molecule has 10 nitrogen and oxygen atoms in total. The van der Waals surface area contributed by atoms with Crippen molar-refractivity contribution in [2.45, 2.75) is 51.2 Å². The largest absolute Gasteiger partial charge is 0.458 e. The zero-order chi connectivity index (χ0) is 18.8. The Morgan fingerprint density at radius 3 is 2.92 bits per heavy atom. The molecule has 0 radical (unpaired) electrons. The number of ether oxygens (including phenoxy) is 2. The number of imidazole rings is 1. The first-order chi connectivity index (χ1) is 12.4. The van der Waals surface area contributed by atoms with Gasteiger partial charge in [0.1, 0.15) is 36.3 Å². The summed E-state index contributed by atoms with van der Waals surface area (Å²) in [4.78, 5) is 24.5. The van der Waals surface area contributed by atoms with Crippen molar-refractivity contribution in [1.82, 2.24) is 19.5 Å². The van der Waals surface area contributed by atoms with E-state index >= 15 is 0 Å². The van der Waals surface area contributed by atoms with Gasteiger partial charge in [-0.05, 0) is 12.3 Å². The van der Waals surface area contributed by atoms with E-state index in [1.54, 1.807) is 10.9 Å². The SMILES string of the molecule is CC(C)C[C@H](N)C(=O)O[C@H]1C[C@H](n2cnc3c(N)ncnc32)O[C@@H]1CO. The maximum atomic E-state index is 12.2. The van der Waals surface area contributed by atoms with Crippen LogP contribution >= 0.6 is 0 Å². The molecular formula is C16H24N6O4. The second-order valence-electron chi connectivity index (χ2n) is 6.84. The third-order valence-corrected chi connectivity index (χ3v) is 4.35. The molecule has 5 N–H and O–H groups in total. The maximum absolute atomic E-state index is 12.2. The highest BCUT2D eigenvalue weighted by Crippen LogP contribution is 2.33. The van der Waals surface area contributed by atoms with Crippen LogP contribution in [0.2, 0.25) is 0 Å². The van der Waals surface area contributed by atoms with Gasteiger partial charge in [0, 0.05) is 6.42 Å². The average molecular weight is 364 g/mol. The number of esters is 1. The number of hydrogen-bond donors (Lipinski definition) is 3. The van der Waals surface area contributed by atoms with Gasteiger partial charge in [-0.2, -0.15) is 0 Å². The highest BCUT2D eigenvalue weighted by molar-refractivity contribution is 5.81. The first-order valence-corrected chi connectivity index (χ1v) is 8.56. The molecule has 1 saturated heterocycles. The van der Waals surface area contributed by atoms with Crippen LogP contribution in [0.15, 0.2) is 12.7 Å². The summed E-state index contributed by atoms with van der Waals surface area (Å²) in [6.45, 7) is 3.68. The van der Waals surface area contributed by atoms with Crippen molar-refractivity contribution in [3.8, 4) is 0 Å². The van der Waals surface area contributed by atoms with Gasteiger partial charge in [0.25, 0.3) is 0 Å². The van der Waals surface area contributed by atoms with Crippen molar-refractivity contribution in [3.63, 3.8) is 0 Å². The van der Waals surface area contributed by atoms with Crippen LogP contribution in [-0.4, -0.2) is 55.5 Å². The molecule has 0 aromatic carbocycles. The van der Waals surface area contributed by atoms with Gasteiger partial charge in [0.05, 0.1) is 12.9 Å². The fraction of sp³-hybridized carbons (Fsp3) is 0.625. The number of nitrogens with zero attached hydrogens (tertiary/aromatic N) is 4. The Balaban J connectivity index is 1.74. The molecule has 1 fully saturated rings. The van der Waals surface area contributed by atoms with Crippen molar-refractivity contribution < 1.29 is 19.4 Å². The van der Waals surface area contributed by atoms with Gasteiger partial charge in [-0.3, -0.25) is 9.36 Å². The summed E-state index contributed by atoms with van der Waals surface area (Å²) >= 11 is 0. The van der Waals surface area contributed by atoms with Crippen molar-refractivity contribution in [3.05, 3.63) is 12.7 Å². The molecule has 3 rings (SSSR count). The zero-order valence-corrected chi connectivity index (χ0v) is 14.8. The topological polar surface area (TPSA) is 151 Å². The number of carbonyl (C=O) groups excluding carboxylic acids is 1. The molecule has 4 atom stereocenters. The minimum absolute atomic E-state index is 0.271. The zero-order valence-electron chi connectivity index (χ0n) is 14.8. The molecule has 1 aliphatic rings. The van der Waals surface area contributed by atoms with Crippen molar-refractivity contribution in [2.75, 3.05) is 12.3 Å². The standard InChI is InChI=1S/C16H24N6O4/c1-8(2)3-9(17)16(24)26-10-4-12(25-11(10)5-23)22-7-21-13-14(18)19-6-20-15(13)22/h6-12,23H,3-5,17H2,1-2H3,(H2,18,19,20)/t9-,10-,11+,12+/m0/s1. The van der Waals surface area contributed by atoms with E-state index in [1.807, 2.05) is 13.8 Å². The second kappa shape index (κ2) is 7.52. The second-order valence-corrected chi connectivity index (χ2v) is 6.84. The molecule has 2 aromatic rings. The van der Waals surface area contributed by atoms with Crippen LogP contribution in [0.3, 0.4) is 0 Å². The van der Waals surface area contributed by atoms with Crippen molar-refractivity contribution in [1.29, 1.82) is 0 Å². The molecule has 26 heavy (non-hydrogen) atoms. The third-order valence-electron chi connectivity index (χ3n) is 4.35. The number of nitrogens with two attached hydrogens (primary N) is 2. The number of aliphatic hydroxyl groups is 1. The highest BCUT2D eigenvalue weighted by Gasteiger charge is 2.40. The lowest BCUT2D eigenvalue weighted by atomic mass is 10.0. The molecule has 3 heterocycles. The molecule has 2 aromatic heterocycles. The van der Waals surface area contributed by atoms with Gasteiger partial charge in [-0.15, -0.1) is 0 Å². The predicted octanol–water partition coefficient (Wildman–Crippen LogP) is -0.0265. The highest BCUT2D eigenvalue weighted by atomic mass is 16.6. The van der Waals surface area contributed by atoms with E-state index in [0.29, 0.717) is 24.0 Å². The molecule has 1 aliphatic heterocycles. The predicted molar refractivity (Wildman–Crippen MR) is 92.7 cm³/mol. The fourth-order valence-electron chi connectivity index (χ4n) is 3.08. The Labute approximate surface area is 150 Å². The number of anilines is 1. The van der Waals surface area contributed by atoms with E-state index in [1.165, 1.54) is 6.33 Å². The summed E-state index contributed by atoms with van der Waals surface area (Å²) in [5, 5.41) is 9.59. The van der Waals surface area contributed by atoms with E-state index in [4.69, 9.17) is 20.9 Å². The van der Waals surface area contributed by atoms with Crippen LogP contribution in [0, 0.1) is 5.92 Å². The van der Waals surface area contributed by atoms with Crippen LogP contribution in [0.1, 0.15) is 32.9 Å². The molecule has 0 saturated carbocycles. The normalized spacial score (nSPS) is 24.3. The summed E-state index contributed by atoms with van der Waals surface area (Å²) in [6.07, 6.45) is 2.02. The Bertz CT molecular complexity index is 779. The van der Waals surface area contributed by atoms with E-state index in [0.717, 1.165) is 0 Å². The summed E-state index contributed by atoms with van der Waals surface area (Å²) in [5.41, 5.74) is 12.7. The lowest BCUT2D eigenvalue weighted by molar-refractivity contribution is -0.155. The molecule has 10 heteroatoms. The lowest BCUT2D eigenvalue weighted by Gasteiger charge is -2.19. The van der Waals surface area contributed by atoms with E-state index < -0.39 is 30.4 Å². The summed E-state index contributed by atoms with van der Waals surface area (Å²) in [6, 6.07) is -0.699. The molecular weight excluding hydrogens is 340 g/mol. The molecule has 0 amide bonds. The van der Waals surface area contributed by atoms with E-state index in [2.05, 4.69) is 15.0 Å². The molecule has 0 aliphatic carbocycles. The van der Waals surface area contributed by atoms with Crippen LogP contribution in [0.4, 0.5) is 5.82 Å². The van der Waals surface area contributed by atoms with Gasteiger partial charge in [-0.1, -0.05) is 13.8 Å². The molecule has 142 valence electrons. The fourth-order valence-corrected chi connectivity index (χ4v) is 3.08. The van der Waals surface area contributed by atoms with Crippen molar-refractivity contribution in [2.24, 2.45) is 11.7 Å². The number of fused-ring (bicyclic) bond motifs is 1. The first kappa shape index (κ1) is 18.5. The van der Waals surface area contributed by atoms with Gasteiger partial charge in [0.2, 0.25) is 0 Å². The number of nitrogen functional groups attached to an aromatic ring is 1. The van der Waals surface area contributed by atoms with Crippen molar-refractivity contribution >= 4 is 23.0 Å². The van der Waals surface area contributed by atoms with E-state index in [9.17, 15) is 9.90 Å². The number of hydrogen-bond acceptors (Lipinski definition) is 9. The first-order valence-electron chi connectivity index (χ1n) is 8.56. The molecule has 0 bridgehead atoms. The van der Waals surface area contributed by atoms with Crippen LogP contribution in [-0.2, 0) is 14.3 Å². The molecule has 0 unspecified atom stereocenters. The molecule has 0 spiro atoms. The van der Waals surface area contributed by atoms with Gasteiger partial charge < -0.3 is 26.0 Å². The Kier molecular flexibility index (Phi) is 5.35. The smallest absolute Gasteiger partial charge is 0.323 e.